The van der Waals surface area contributed by atoms with E-state index in [2.05, 4.69) is 10.3 Å². The molecule has 0 bridgehead atoms. The molecule has 0 spiro atoms. The first-order valence-corrected chi connectivity index (χ1v) is 6.51. The van der Waals surface area contributed by atoms with Crippen molar-refractivity contribution in [2.45, 2.75) is 26.8 Å². The first kappa shape index (κ1) is 14.4. The Kier molecular flexibility index (Phi) is 5.57. The van der Waals surface area contributed by atoms with Crippen molar-refractivity contribution in [2.75, 3.05) is 18.5 Å². The van der Waals surface area contributed by atoms with Gasteiger partial charge in [0.05, 0.1) is 18.7 Å². The number of rotatable bonds is 6. The van der Waals surface area contributed by atoms with Crippen LogP contribution >= 0.6 is 11.3 Å². The molecule has 0 saturated carbocycles. The molecule has 18 heavy (non-hydrogen) atoms. The maximum Gasteiger partial charge on any atom is 0.360 e. The van der Waals surface area contributed by atoms with Gasteiger partial charge < -0.3 is 14.8 Å². The summed E-state index contributed by atoms with van der Waals surface area (Å²) >= 11 is 1.24. The van der Waals surface area contributed by atoms with Crippen LogP contribution in [0, 0.1) is 0 Å². The van der Waals surface area contributed by atoms with Crippen molar-refractivity contribution < 1.29 is 19.1 Å². The summed E-state index contributed by atoms with van der Waals surface area (Å²) in [4.78, 5) is 27.0. The lowest BCUT2D eigenvalue weighted by atomic mass is 10.3. The van der Waals surface area contributed by atoms with Crippen molar-refractivity contribution in [2.24, 2.45) is 0 Å². The fraction of sp³-hybridized carbons (Fsp3) is 0.545. The molecule has 100 valence electrons. The first-order chi connectivity index (χ1) is 8.60. The van der Waals surface area contributed by atoms with Crippen molar-refractivity contribution in [3.63, 3.8) is 0 Å². The fourth-order valence-electron chi connectivity index (χ4n) is 1.22. The third-order valence-electron chi connectivity index (χ3n) is 2.02. The van der Waals surface area contributed by atoms with Crippen LogP contribution in [0.2, 0.25) is 0 Å². The molecule has 0 aliphatic heterocycles. The normalized spacial score (nSPS) is 11.7. The van der Waals surface area contributed by atoms with E-state index in [-0.39, 0.29) is 18.3 Å². The minimum atomic E-state index is -0.543. The molecular weight excluding hydrogens is 256 g/mol. The molecule has 0 saturated heterocycles. The smallest absolute Gasteiger partial charge is 0.360 e. The number of aromatic nitrogens is 1. The van der Waals surface area contributed by atoms with E-state index in [1.54, 1.807) is 20.8 Å². The molecule has 0 amide bonds. The monoisotopic (exact) mass is 272 g/mol. The van der Waals surface area contributed by atoms with Gasteiger partial charge in [-0.2, -0.15) is 0 Å². The fourth-order valence-corrected chi connectivity index (χ4v) is 1.97. The van der Waals surface area contributed by atoms with Gasteiger partial charge in [0.1, 0.15) is 11.0 Å². The molecular formula is C11H16N2O4S. The Hall–Kier alpha value is -1.63. The third kappa shape index (κ3) is 3.69. The first-order valence-electron chi connectivity index (χ1n) is 5.63. The standard InChI is InChI=1S/C11H16N2O4S/c1-4-16-10(14)7(3)13-9-8(12-6-18-9)11(15)17-5-2/h6-7,13H,4-5H2,1-3H3. The molecule has 6 nitrogen and oxygen atoms in total. The third-order valence-corrected chi connectivity index (χ3v) is 2.78. The van der Waals surface area contributed by atoms with E-state index in [0.29, 0.717) is 11.6 Å². The van der Waals surface area contributed by atoms with Crippen LogP contribution in [0.1, 0.15) is 31.3 Å². The molecule has 7 heteroatoms. The van der Waals surface area contributed by atoms with E-state index in [9.17, 15) is 9.59 Å². The lowest BCUT2D eigenvalue weighted by molar-refractivity contribution is -0.143. The molecule has 0 aliphatic carbocycles. The highest BCUT2D eigenvalue weighted by atomic mass is 32.1. The number of esters is 2. The zero-order chi connectivity index (χ0) is 13.5. The summed E-state index contributed by atoms with van der Waals surface area (Å²) in [5, 5.41) is 3.40. The Balaban J connectivity index is 2.70. The molecule has 1 unspecified atom stereocenters. The predicted molar refractivity (Wildman–Crippen MR) is 67.8 cm³/mol. The quantitative estimate of drug-likeness (QED) is 0.794. The molecule has 0 aliphatic rings. The van der Waals surface area contributed by atoms with Crippen molar-refractivity contribution in [1.29, 1.82) is 0 Å². The van der Waals surface area contributed by atoms with Gasteiger partial charge in [0.2, 0.25) is 0 Å². The van der Waals surface area contributed by atoms with Gasteiger partial charge in [-0.15, -0.1) is 11.3 Å². The highest BCUT2D eigenvalue weighted by molar-refractivity contribution is 7.14. The average molecular weight is 272 g/mol. The summed E-state index contributed by atoms with van der Waals surface area (Å²) < 4.78 is 9.73. The summed E-state index contributed by atoms with van der Waals surface area (Å²) in [5.41, 5.74) is 1.71. The number of thiazole rings is 1. The molecule has 0 fully saturated rings. The van der Waals surface area contributed by atoms with Crippen LogP contribution < -0.4 is 5.32 Å². The average Bonchev–Trinajstić information content (AvgIpc) is 2.77. The minimum absolute atomic E-state index is 0.193. The second-order valence-electron chi connectivity index (χ2n) is 3.37. The highest BCUT2D eigenvalue weighted by Gasteiger charge is 2.20. The number of hydrogen-bond acceptors (Lipinski definition) is 7. The van der Waals surface area contributed by atoms with Crippen molar-refractivity contribution in [1.82, 2.24) is 4.98 Å². The number of carbonyl (C=O) groups excluding carboxylic acids is 2. The van der Waals surface area contributed by atoms with E-state index >= 15 is 0 Å². The Morgan fingerprint density at radius 3 is 2.67 bits per heavy atom. The van der Waals surface area contributed by atoms with E-state index in [1.807, 2.05) is 0 Å². The van der Waals surface area contributed by atoms with Crippen molar-refractivity contribution in [3.8, 4) is 0 Å². The zero-order valence-electron chi connectivity index (χ0n) is 10.6. The number of nitrogens with one attached hydrogen (secondary N) is 1. The van der Waals surface area contributed by atoms with Gasteiger partial charge >= 0.3 is 11.9 Å². The summed E-state index contributed by atoms with van der Waals surface area (Å²) in [6, 6.07) is -0.543. The van der Waals surface area contributed by atoms with Crippen LogP contribution in [0.15, 0.2) is 5.51 Å². The Bertz CT molecular complexity index is 419. The largest absolute Gasteiger partial charge is 0.464 e. The Morgan fingerprint density at radius 1 is 1.39 bits per heavy atom. The van der Waals surface area contributed by atoms with Crippen LogP contribution in [0.5, 0.6) is 0 Å². The van der Waals surface area contributed by atoms with Gasteiger partial charge in [-0.05, 0) is 20.8 Å². The second kappa shape index (κ2) is 6.95. The maximum atomic E-state index is 11.6. The van der Waals surface area contributed by atoms with E-state index in [1.165, 1.54) is 16.8 Å². The van der Waals surface area contributed by atoms with E-state index in [0.717, 1.165) is 0 Å². The number of anilines is 1. The van der Waals surface area contributed by atoms with Gasteiger partial charge in [-0.25, -0.2) is 14.6 Å². The SMILES string of the molecule is CCOC(=O)c1ncsc1NC(C)C(=O)OCC. The molecule has 1 rings (SSSR count). The van der Waals surface area contributed by atoms with Gasteiger partial charge in [-0.1, -0.05) is 0 Å². The molecule has 1 aromatic heterocycles. The summed E-state index contributed by atoms with van der Waals surface area (Å²) in [5.74, 6) is -0.877. The molecule has 1 heterocycles. The van der Waals surface area contributed by atoms with Crippen molar-refractivity contribution in [3.05, 3.63) is 11.2 Å². The number of hydrogen-bond donors (Lipinski definition) is 1. The summed E-state index contributed by atoms with van der Waals surface area (Å²) in [6.07, 6.45) is 0. The number of carbonyl (C=O) groups is 2. The van der Waals surface area contributed by atoms with Gasteiger partial charge in [0.25, 0.3) is 0 Å². The van der Waals surface area contributed by atoms with E-state index in [4.69, 9.17) is 9.47 Å². The lowest BCUT2D eigenvalue weighted by Gasteiger charge is -2.12. The van der Waals surface area contributed by atoms with Crippen LogP contribution in [0.25, 0.3) is 0 Å². The molecule has 1 N–H and O–H groups in total. The summed E-state index contributed by atoms with van der Waals surface area (Å²) in [7, 11) is 0. The molecule has 0 aromatic carbocycles. The lowest BCUT2D eigenvalue weighted by Crippen LogP contribution is -2.28. The molecule has 0 radical (unpaired) electrons. The van der Waals surface area contributed by atoms with Gasteiger partial charge in [0, 0.05) is 0 Å². The molecule has 1 aromatic rings. The highest BCUT2D eigenvalue weighted by Crippen LogP contribution is 2.22. The Morgan fingerprint density at radius 2 is 2.06 bits per heavy atom. The van der Waals surface area contributed by atoms with Crippen LogP contribution in [-0.4, -0.2) is 36.2 Å². The predicted octanol–water partition coefficient (Wildman–Crippen LogP) is 1.68. The van der Waals surface area contributed by atoms with Crippen LogP contribution in [0.3, 0.4) is 0 Å². The number of nitrogens with zero attached hydrogens (tertiary/aromatic N) is 1. The Labute approximate surface area is 109 Å². The summed E-state index contributed by atoms with van der Waals surface area (Å²) in [6.45, 7) is 5.72. The second-order valence-corrected chi connectivity index (χ2v) is 4.22. The number of ether oxygens (including phenoxy) is 2. The van der Waals surface area contributed by atoms with Crippen LogP contribution in [-0.2, 0) is 14.3 Å². The van der Waals surface area contributed by atoms with Gasteiger partial charge in [0.15, 0.2) is 5.69 Å². The zero-order valence-corrected chi connectivity index (χ0v) is 11.4. The topological polar surface area (TPSA) is 77.5 Å². The molecule has 1 atom stereocenters. The van der Waals surface area contributed by atoms with Gasteiger partial charge in [-0.3, -0.25) is 0 Å². The minimum Gasteiger partial charge on any atom is -0.464 e. The maximum absolute atomic E-state index is 11.6. The van der Waals surface area contributed by atoms with Crippen molar-refractivity contribution >= 4 is 28.3 Å². The van der Waals surface area contributed by atoms with E-state index < -0.39 is 12.0 Å². The van der Waals surface area contributed by atoms with Crippen LogP contribution in [0.4, 0.5) is 5.00 Å².